The Morgan fingerprint density at radius 1 is 1.04 bits per heavy atom. The number of esters is 1. The van der Waals surface area contributed by atoms with Gasteiger partial charge in [-0.3, -0.25) is 0 Å². The van der Waals surface area contributed by atoms with Crippen molar-refractivity contribution in [2.75, 3.05) is 0 Å². The van der Waals surface area contributed by atoms with Gasteiger partial charge in [0.1, 0.15) is 0 Å². The van der Waals surface area contributed by atoms with Crippen LogP contribution < -0.4 is 0 Å². The van der Waals surface area contributed by atoms with Crippen LogP contribution in [0.15, 0.2) is 77.5 Å². The number of benzene rings is 2. The normalized spacial score (nSPS) is 11.9. The first-order valence-corrected chi connectivity index (χ1v) is 8.95. The first-order chi connectivity index (χ1) is 13.6. The molecule has 0 N–H and O–H groups in total. The summed E-state index contributed by atoms with van der Waals surface area (Å²) in [7, 11) is 0. The molecule has 6 nitrogen and oxygen atoms in total. The summed E-state index contributed by atoms with van der Waals surface area (Å²) in [5, 5.41) is 8.05. The summed E-state index contributed by atoms with van der Waals surface area (Å²) < 4.78 is 13.2. The molecule has 0 saturated carbocycles. The number of carbonyl (C=O) groups is 1. The Morgan fingerprint density at radius 3 is 2.54 bits per heavy atom. The maximum atomic E-state index is 12.6. The minimum atomic E-state index is -0.659. The second kappa shape index (κ2) is 7.52. The summed E-state index contributed by atoms with van der Waals surface area (Å²) >= 11 is 0. The van der Waals surface area contributed by atoms with Crippen LogP contribution in [0.1, 0.15) is 34.8 Å². The Hall–Kier alpha value is -3.67. The predicted molar refractivity (Wildman–Crippen MR) is 104 cm³/mol. The van der Waals surface area contributed by atoms with Gasteiger partial charge in [-0.15, -0.1) is 10.2 Å². The molecule has 0 aliphatic heterocycles. The summed E-state index contributed by atoms with van der Waals surface area (Å²) in [5.41, 5.74) is 3.26. The van der Waals surface area contributed by atoms with Crippen LogP contribution >= 0.6 is 0 Å². The third-order valence-electron chi connectivity index (χ3n) is 4.42. The lowest BCUT2D eigenvalue weighted by molar-refractivity contribution is 0.0280. The molecule has 4 aromatic rings. The molecule has 0 bridgehead atoms. The monoisotopic (exact) mass is 373 g/mol. The Morgan fingerprint density at radius 2 is 1.79 bits per heavy atom. The van der Waals surface area contributed by atoms with Gasteiger partial charge >= 0.3 is 5.97 Å². The first-order valence-electron chi connectivity index (χ1n) is 8.95. The molecule has 2 heterocycles. The van der Waals surface area contributed by atoms with Crippen molar-refractivity contribution in [2.24, 2.45) is 0 Å². The molecule has 140 valence electrons. The van der Waals surface area contributed by atoms with Gasteiger partial charge in [0.05, 0.1) is 5.56 Å². The molecule has 6 heteroatoms. The number of nitrogens with zero attached hydrogens (tertiary/aromatic N) is 3. The van der Waals surface area contributed by atoms with Crippen LogP contribution in [0, 0.1) is 6.92 Å². The van der Waals surface area contributed by atoms with Crippen LogP contribution in [0.4, 0.5) is 0 Å². The quantitative estimate of drug-likeness (QED) is 0.472. The van der Waals surface area contributed by atoms with E-state index in [0.717, 1.165) is 16.8 Å². The largest absolute Gasteiger partial charge is 0.449 e. The van der Waals surface area contributed by atoms with Crippen molar-refractivity contribution in [3.05, 3.63) is 90.1 Å². The van der Waals surface area contributed by atoms with Crippen molar-refractivity contribution < 1.29 is 13.9 Å². The molecular weight excluding hydrogens is 354 g/mol. The third-order valence-corrected chi connectivity index (χ3v) is 4.42. The van der Waals surface area contributed by atoms with Gasteiger partial charge in [-0.05, 0) is 55.8 Å². The first kappa shape index (κ1) is 17.7. The van der Waals surface area contributed by atoms with E-state index in [-0.39, 0.29) is 5.89 Å². The molecule has 2 aromatic heterocycles. The highest BCUT2D eigenvalue weighted by Crippen LogP contribution is 2.24. The molecule has 1 atom stereocenters. The van der Waals surface area contributed by atoms with Gasteiger partial charge < -0.3 is 13.7 Å². The molecule has 0 amide bonds. The Labute approximate surface area is 162 Å². The lowest BCUT2D eigenvalue weighted by Gasteiger charge is -2.12. The van der Waals surface area contributed by atoms with Crippen LogP contribution in [-0.2, 0) is 4.74 Å². The van der Waals surface area contributed by atoms with E-state index in [1.54, 1.807) is 13.0 Å². The fourth-order valence-corrected chi connectivity index (χ4v) is 2.88. The van der Waals surface area contributed by atoms with Gasteiger partial charge in [-0.2, -0.15) is 0 Å². The second-order valence-electron chi connectivity index (χ2n) is 6.45. The minimum Gasteiger partial charge on any atom is -0.449 e. The molecular formula is C22H19N3O3. The molecule has 28 heavy (non-hydrogen) atoms. The predicted octanol–water partition coefficient (Wildman–Crippen LogP) is 4.75. The van der Waals surface area contributed by atoms with Crippen LogP contribution in [0.5, 0.6) is 0 Å². The Balaban J connectivity index is 1.51. The van der Waals surface area contributed by atoms with Crippen molar-refractivity contribution in [3.63, 3.8) is 0 Å². The Bertz CT molecular complexity index is 1090. The van der Waals surface area contributed by atoms with E-state index < -0.39 is 12.1 Å². The maximum Gasteiger partial charge on any atom is 0.338 e. The van der Waals surface area contributed by atoms with Crippen LogP contribution in [0.2, 0.25) is 0 Å². The second-order valence-corrected chi connectivity index (χ2v) is 6.45. The number of rotatable bonds is 5. The van der Waals surface area contributed by atoms with Crippen molar-refractivity contribution in [3.8, 4) is 17.1 Å². The van der Waals surface area contributed by atoms with E-state index in [1.807, 2.05) is 78.5 Å². The molecule has 0 radical (unpaired) electrons. The number of carbonyl (C=O) groups excluding carboxylic acids is 1. The van der Waals surface area contributed by atoms with Gasteiger partial charge in [-0.1, -0.05) is 24.3 Å². The van der Waals surface area contributed by atoms with Crippen LogP contribution in [-0.4, -0.2) is 20.7 Å². The highest BCUT2D eigenvalue weighted by atomic mass is 16.6. The van der Waals surface area contributed by atoms with Gasteiger partial charge in [0.2, 0.25) is 5.89 Å². The van der Waals surface area contributed by atoms with Crippen molar-refractivity contribution >= 4 is 5.97 Å². The Kier molecular flexibility index (Phi) is 4.76. The van der Waals surface area contributed by atoms with Gasteiger partial charge in [0, 0.05) is 23.6 Å². The van der Waals surface area contributed by atoms with E-state index in [2.05, 4.69) is 10.2 Å². The molecule has 0 fully saturated rings. The van der Waals surface area contributed by atoms with Crippen molar-refractivity contribution in [1.29, 1.82) is 0 Å². The number of hydrogen-bond donors (Lipinski definition) is 0. The lowest BCUT2D eigenvalue weighted by atomic mass is 10.1. The highest BCUT2D eigenvalue weighted by molar-refractivity contribution is 5.90. The average Bonchev–Trinajstić information content (AvgIpc) is 3.41. The van der Waals surface area contributed by atoms with Gasteiger partial charge in [0.25, 0.3) is 5.89 Å². The topological polar surface area (TPSA) is 70.2 Å². The van der Waals surface area contributed by atoms with E-state index in [1.165, 1.54) is 0 Å². The van der Waals surface area contributed by atoms with Crippen molar-refractivity contribution in [1.82, 2.24) is 14.8 Å². The molecule has 0 aliphatic rings. The highest BCUT2D eigenvalue weighted by Gasteiger charge is 2.20. The van der Waals surface area contributed by atoms with E-state index in [9.17, 15) is 4.79 Å². The number of aryl methyl sites for hydroxylation is 1. The maximum absolute atomic E-state index is 12.6. The molecule has 2 aromatic carbocycles. The fraction of sp³-hybridized carbons (Fsp3) is 0.136. The molecule has 0 aliphatic carbocycles. The van der Waals surface area contributed by atoms with Gasteiger partial charge in [-0.25, -0.2) is 4.79 Å². The number of hydrogen-bond acceptors (Lipinski definition) is 5. The van der Waals surface area contributed by atoms with Crippen LogP contribution in [0.25, 0.3) is 17.1 Å². The zero-order valence-corrected chi connectivity index (χ0v) is 15.6. The summed E-state index contributed by atoms with van der Waals surface area (Å²) in [5.74, 6) is 0.203. The van der Waals surface area contributed by atoms with E-state index >= 15 is 0 Å². The van der Waals surface area contributed by atoms with Gasteiger partial charge in [0.15, 0.2) is 6.10 Å². The minimum absolute atomic E-state index is 0.255. The number of ether oxygens (including phenoxy) is 1. The lowest BCUT2D eigenvalue weighted by Crippen LogP contribution is -2.10. The molecule has 1 unspecified atom stereocenters. The van der Waals surface area contributed by atoms with Crippen LogP contribution in [0.3, 0.4) is 0 Å². The summed E-state index contributed by atoms with van der Waals surface area (Å²) in [4.78, 5) is 12.6. The summed E-state index contributed by atoms with van der Waals surface area (Å²) in [6.07, 6.45) is 3.21. The summed E-state index contributed by atoms with van der Waals surface area (Å²) in [6, 6.07) is 18.8. The molecule has 0 spiro atoms. The third kappa shape index (κ3) is 3.57. The average molecular weight is 373 g/mol. The standard InChI is InChI=1S/C22H19N3O3/c1-15-10-11-18(14-19(15)25-12-6-7-13-25)22(26)27-16(2)20-23-24-21(28-20)17-8-4-3-5-9-17/h3-14,16H,1-2H3. The zero-order valence-electron chi connectivity index (χ0n) is 15.6. The number of aromatic nitrogens is 3. The fourth-order valence-electron chi connectivity index (χ4n) is 2.88. The van der Waals surface area contributed by atoms with E-state index in [4.69, 9.17) is 9.15 Å². The summed E-state index contributed by atoms with van der Waals surface area (Å²) in [6.45, 7) is 3.71. The molecule has 4 rings (SSSR count). The zero-order chi connectivity index (χ0) is 19.5. The smallest absolute Gasteiger partial charge is 0.338 e. The molecule has 0 saturated heterocycles. The van der Waals surface area contributed by atoms with E-state index in [0.29, 0.717) is 11.5 Å². The van der Waals surface area contributed by atoms with Crippen molar-refractivity contribution in [2.45, 2.75) is 20.0 Å². The SMILES string of the molecule is Cc1ccc(C(=O)OC(C)c2nnc(-c3ccccc3)o2)cc1-n1cccc1.